The predicted octanol–water partition coefficient (Wildman–Crippen LogP) is 3.19. The third kappa shape index (κ3) is 3.01. The van der Waals surface area contributed by atoms with E-state index in [0.717, 1.165) is 12.8 Å². The highest BCUT2D eigenvalue weighted by molar-refractivity contribution is 6.17. The van der Waals surface area contributed by atoms with Gasteiger partial charge in [0.25, 0.3) is 0 Å². The summed E-state index contributed by atoms with van der Waals surface area (Å²) in [5.74, 6) is 1.36. The van der Waals surface area contributed by atoms with Gasteiger partial charge in [-0.1, -0.05) is 0 Å². The standard InChI is InChI=1S/C13H13ClO3/c14-6-1-2-7-16-10-3-4-11-12(15)5-8-17-13(11)9-10/h3-5,8-9H,1-2,6-7H2. The monoisotopic (exact) mass is 252 g/mol. The Balaban J connectivity index is 2.12. The largest absolute Gasteiger partial charge is 0.493 e. The molecule has 0 aliphatic rings. The van der Waals surface area contributed by atoms with E-state index < -0.39 is 0 Å². The molecule has 17 heavy (non-hydrogen) atoms. The van der Waals surface area contributed by atoms with Crippen LogP contribution in [-0.4, -0.2) is 12.5 Å². The molecule has 0 atom stereocenters. The van der Waals surface area contributed by atoms with Crippen molar-refractivity contribution in [1.82, 2.24) is 0 Å². The second-order valence-electron chi connectivity index (χ2n) is 3.69. The van der Waals surface area contributed by atoms with Crippen LogP contribution < -0.4 is 10.2 Å². The molecule has 90 valence electrons. The summed E-state index contributed by atoms with van der Waals surface area (Å²) < 4.78 is 10.8. The SMILES string of the molecule is O=c1ccoc2cc(OCCCCCl)ccc12. The average molecular weight is 253 g/mol. The lowest BCUT2D eigenvalue weighted by molar-refractivity contribution is 0.309. The number of alkyl halides is 1. The van der Waals surface area contributed by atoms with Crippen LogP contribution in [-0.2, 0) is 0 Å². The van der Waals surface area contributed by atoms with Gasteiger partial charge in [-0.05, 0) is 25.0 Å². The third-order valence-electron chi connectivity index (χ3n) is 2.43. The number of hydrogen-bond donors (Lipinski definition) is 0. The number of benzene rings is 1. The van der Waals surface area contributed by atoms with Gasteiger partial charge in [-0.15, -0.1) is 11.6 Å². The van der Waals surface area contributed by atoms with Crippen LogP contribution in [0.15, 0.2) is 39.7 Å². The summed E-state index contributed by atoms with van der Waals surface area (Å²) in [5.41, 5.74) is 0.507. The van der Waals surface area contributed by atoms with Crippen molar-refractivity contribution in [3.63, 3.8) is 0 Å². The average Bonchev–Trinajstić information content (AvgIpc) is 2.35. The van der Waals surface area contributed by atoms with Crippen molar-refractivity contribution in [3.05, 3.63) is 40.8 Å². The van der Waals surface area contributed by atoms with E-state index in [4.69, 9.17) is 20.8 Å². The van der Waals surface area contributed by atoms with Crippen LogP contribution in [0.25, 0.3) is 11.0 Å². The second-order valence-corrected chi connectivity index (χ2v) is 4.07. The zero-order chi connectivity index (χ0) is 12.1. The fourth-order valence-corrected chi connectivity index (χ4v) is 1.73. The smallest absolute Gasteiger partial charge is 0.192 e. The molecule has 0 spiro atoms. The Kier molecular flexibility index (Phi) is 4.04. The maximum absolute atomic E-state index is 11.5. The molecule has 0 unspecified atom stereocenters. The minimum atomic E-state index is -0.0417. The summed E-state index contributed by atoms with van der Waals surface area (Å²) in [6.45, 7) is 0.620. The molecule has 0 fully saturated rings. The van der Waals surface area contributed by atoms with Crippen LogP contribution in [0.2, 0.25) is 0 Å². The number of hydrogen-bond acceptors (Lipinski definition) is 3. The molecule has 0 saturated carbocycles. The summed E-state index contributed by atoms with van der Waals surface area (Å²) in [5, 5.41) is 0.570. The molecule has 1 heterocycles. The Hall–Kier alpha value is -1.48. The summed E-state index contributed by atoms with van der Waals surface area (Å²) in [4.78, 5) is 11.5. The summed E-state index contributed by atoms with van der Waals surface area (Å²) >= 11 is 5.57. The van der Waals surface area contributed by atoms with Gasteiger partial charge >= 0.3 is 0 Å². The quantitative estimate of drug-likeness (QED) is 0.606. The minimum absolute atomic E-state index is 0.0417. The Bertz CT molecular complexity index is 548. The van der Waals surface area contributed by atoms with Gasteiger partial charge in [0.1, 0.15) is 11.3 Å². The first-order valence-corrected chi connectivity index (χ1v) is 6.05. The van der Waals surface area contributed by atoms with Gasteiger partial charge < -0.3 is 9.15 Å². The number of fused-ring (bicyclic) bond motifs is 1. The normalized spacial score (nSPS) is 10.6. The van der Waals surface area contributed by atoms with E-state index in [0.29, 0.717) is 29.2 Å². The zero-order valence-corrected chi connectivity index (χ0v) is 10.1. The summed E-state index contributed by atoms with van der Waals surface area (Å²) in [6.07, 6.45) is 3.24. The lowest BCUT2D eigenvalue weighted by Crippen LogP contribution is -2.00. The van der Waals surface area contributed by atoms with E-state index in [1.807, 2.05) is 0 Å². The van der Waals surface area contributed by atoms with Gasteiger partial charge in [0.15, 0.2) is 5.43 Å². The van der Waals surface area contributed by atoms with Crippen LogP contribution in [0.5, 0.6) is 5.75 Å². The maximum Gasteiger partial charge on any atom is 0.192 e. The zero-order valence-electron chi connectivity index (χ0n) is 9.32. The van der Waals surface area contributed by atoms with E-state index in [9.17, 15) is 4.79 Å². The first-order valence-electron chi connectivity index (χ1n) is 5.51. The van der Waals surface area contributed by atoms with E-state index in [1.165, 1.54) is 12.3 Å². The number of unbranched alkanes of at least 4 members (excludes halogenated alkanes) is 1. The molecular weight excluding hydrogens is 240 g/mol. The molecule has 2 rings (SSSR count). The van der Waals surface area contributed by atoms with Gasteiger partial charge in [-0.2, -0.15) is 0 Å². The van der Waals surface area contributed by atoms with Crippen LogP contribution in [0.3, 0.4) is 0 Å². The Morgan fingerprint density at radius 2 is 2.12 bits per heavy atom. The fraction of sp³-hybridized carbons (Fsp3) is 0.308. The van der Waals surface area contributed by atoms with Gasteiger partial charge in [0.2, 0.25) is 0 Å². The molecule has 2 aromatic rings. The molecule has 0 aliphatic heterocycles. The van der Waals surface area contributed by atoms with Gasteiger partial charge in [-0.3, -0.25) is 4.79 Å². The van der Waals surface area contributed by atoms with E-state index in [1.54, 1.807) is 18.2 Å². The third-order valence-corrected chi connectivity index (χ3v) is 2.70. The van der Waals surface area contributed by atoms with Crippen LogP contribution in [0.1, 0.15) is 12.8 Å². The van der Waals surface area contributed by atoms with E-state index >= 15 is 0 Å². The highest BCUT2D eigenvalue weighted by Crippen LogP contribution is 2.18. The Labute approximate surface area is 104 Å². The fourth-order valence-electron chi connectivity index (χ4n) is 1.54. The lowest BCUT2D eigenvalue weighted by Gasteiger charge is -2.05. The molecule has 0 radical (unpaired) electrons. The predicted molar refractivity (Wildman–Crippen MR) is 67.9 cm³/mol. The summed E-state index contributed by atoms with van der Waals surface area (Å²) in [7, 11) is 0. The van der Waals surface area contributed by atoms with Crippen molar-refractivity contribution in [2.24, 2.45) is 0 Å². The molecule has 1 aromatic heterocycles. The van der Waals surface area contributed by atoms with Gasteiger partial charge in [0, 0.05) is 18.0 Å². The van der Waals surface area contributed by atoms with Crippen LogP contribution in [0, 0.1) is 0 Å². The minimum Gasteiger partial charge on any atom is -0.493 e. The molecule has 4 heteroatoms. The van der Waals surface area contributed by atoms with Gasteiger partial charge in [0.05, 0.1) is 18.3 Å². The van der Waals surface area contributed by atoms with Gasteiger partial charge in [-0.25, -0.2) is 0 Å². The lowest BCUT2D eigenvalue weighted by atomic mass is 10.2. The van der Waals surface area contributed by atoms with E-state index in [-0.39, 0.29) is 5.43 Å². The molecule has 0 N–H and O–H groups in total. The van der Waals surface area contributed by atoms with E-state index in [2.05, 4.69) is 0 Å². The molecule has 0 aliphatic carbocycles. The molecule has 0 saturated heterocycles. The summed E-state index contributed by atoms with van der Waals surface area (Å²) in [6, 6.07) is 6.64. The molecule has 1 aromatic carbocycles. The second kappa shape index (κ2) is 5.73. The van der Waals surface area contributed by atoms with Crippen molar-refractivity contribution < 1.29 is 9.15 Å². The van der Waals surface area contributed by atoms with Crippen molar-refractivity contribution >= 4 is 22.6 Å². The Morgan fingerprint density at radius 3 is 2.94 bits per heavy atom. The number of rotatable bonds is 5. The van der Waals surface area contributed by atoms with Crippen molar-refractivity contribution in [1.29, 1.82) is 0 Å². The first kappa shape index (κ1) is 12.0. The van der Waals surface area contributed by atoms with Crippen LogP contribution in [0.4, 0.5) is 0 Å². The maximum atomic E-state index is 11.5. The van der Waals surface area contributed by atoms with Crippen molar-refractivity contribution in [2.75, 3.05) is 12.5 Å². The molecule has 0 bridgehead atoms. The topological polar surface area (TPSA) is 39.4 Å². The molecule has 0 amide bonds. The Morgan fingerprint density at radius 1 is 1.24 bits per heavy atom. The van der Waals surface area contributed by atoms with Crippen LogP contribution >= 0.6 is 11.6 Å². The number of halogens is 1. The molecular formula is C13H13ClO3. The molecule has 3 nitrogen and oxygen atoms in total. The number of ether oxygens (including phenoxy) is 1. The first-order chi connectivity index (χ1) is 8.31. The van der Waals surface area contributed by atoms with Crippen molar-refractivity contribution in [2.45, 2.75) is 12.8 Å². The highest BCUT2D eigenvalue weighted by Gasteiger charge is 2.02. The highest BCUT2D eigenvalue weighted by atomic mass is 35.5. The van der Waals surface area contributed by atoms with Crippen molar-refractivity contribution in [3.8, 4) is 5.75 Å².